The second-order valence-corrected chi connectivity index (χ2v) is 3.68. The van der Waals surface area contributed by atoms with Crippen molar-refractivity contribution >= 4 is 6.29 Å². The molecule has 3 heteroatoms. The quantitative estimate of drug-likeness (QED) is 0.706. The fourth-order valence-electron chi connectivity index (χ4n) is 2.11. The highest BCUT2D eigenvalue weighted by atomic mass is 16.1. The zero-order valence-electron chi connectivity index (χ0n) is 7.62. The van der Waals surface area contributed by atoms with E-state index in [9.17, 15) is 4.79 Å². The summed E-state index contributed by atoms with van der Waals surface area (Å²) in [7, 11) is 0. The Kier molecular flexibility index (Phi) is 2.43. The molecule has 1 fully saturated rings. The Labute approximate surface area is 77.5 Å². The Balaban J connectivity index is 2.17. The number of aromatic amines is 1. The van der Waals surface area contributed by atoms with Crippen LogP contribution < -0.4 is 0 Å². The van der Waals surface area contributed by atoms with E-state index in [0.717, 1.165) is 17.5 Å². The van der Waals surface area contributed by atoms with E-state index in [-0.39, 0.29) is 0 Å². The van der Waals surface area contributed by atoms with Crippen LogP contribution in [-0.2, 0) is 0 Å². The summed E-state index contributed by atoms with van der Waals surface area (Å²) in [6.45, 7) is 0. The van der Waals surface area contributed by atoms with Crippen LogP contribution in [0.5, 0.6) is 0 Å². The van der Waals surface area contributed by atoms with Crippen molar-refractivity contribution in [2.75, 3.05) is 0 Å². The van der Waals surface area contributed by atoms with E-state index in [1.54, 1.807) is 6.20 Å². The molecule has 0 bridgehead atoms. The summed E-state index contributed by atoms with van der Waals surface area (Å²) in [4.78, 5) is 10.7. The number of H-pyrrole nitrogens is 1. The van der Waals surface area contributed by atoms with Gasteiger partial charge in [-0.25, -0.2) is 0 Å². The zero-order chi connectivity index (χ0) is 9.10. The topological polar surface area (TPSA) is 45.8 Å². The standard InChI is InChI=1S/C10H14N2O/c13-7-9-6-11-12-10(9)8-4-2-1-3-5-8/h6-8H,1-5H2,(H,11,12). The van der Waals surface area contributed by atoms with E-state index in [1.807, 2.05) is 0 Å². The first-order chi connectivity index (χ1) is 6.42. The molecule has 70 valence electrons. The molecule has 1 N–H and O–H groups in total. The minimum Gasteiger partial charge on any atom is -0.298 e. The van der Waals surface area contributed by atoms with Gasteiger partial charge in [-0.2, -0.15) is 5.10 Å². The monoisotopic (exact) mass is 178 g/mol. The number of nitrogens with zero attached hydrogens (tertiary/aromatic N) is 1. The maximum Gasteiger partial charge on any atom is 0.153 e. The number of hydrogen-bond donors (Lipinski definition) is 1. The number of carbonyl (C=O) groups excluding carboxylic acids is 1. The summed E-state index contributed by atoms with van der Waals surface area (Å²) < 4.78 is 0. The van der Waals surface area contributed by atoms with Gasteiger partial charge in [-0.1, -0.05) is 19.3 Å². The Hall–Kier alpha value is -1.12. The lowest BCUT2D eigenvalue weighted by atomic mass is 9.86. The lowest BCUT2D eigenvalue weighted by Gasteiger charge is -2.19. The Bertz CT molecular complexity index is 287. The maximum atomic E-state index is 10.7. The van der Waals surface area contributed by atoms with Crippen molar-refractivity contribution in [3.05, 3.63) is 17.5 Å². The van der Waals surface area contributed by atoms with E-state index in [4.69, 9.17) is 0 Å². The van der Waals surface area contributed by atoms with Crippen LogP contribution in [0.15, 0.2) is 6.20 Å². The van der Waals surface area contributed by atoms with Crippen LogP contribution in [0, 0.1) is 0 Å². The molecule has 0 radical (unpaired) electrons. The third-order valence-corrected chi connectivity index (χ3v) is 2.82. The van der Waals surface area contributed by atoms with Gasteiger partial charge in [0.05, 0.1) is 11.3 Å². The van der Waals surface area contributed by atoms with Gasteiger partial charge in [0.15, 0.2) is 6.29 Å². The van der Waals surface area contributed by atoms with Crippen LogP contribution in [0.25, 0.3) is 0 Å². The molecular formula is C10H14N2O. The molecule has 0 atom stereocenters. The van der Waals surface area contributed by atoms with Crippen molar-refractivity contribution in [3.8, 4) is 0 Å². The smallest absolute Gasteiger partial charge is 0.153 e. The van der Waals surface area contributed by atoms with Crippen molar-refractivity contribution in [2.24, 2.45) is 0 Å². The van der Waals surface area contributed by atoms with Crippen molar-refractivity contribution in [2.45, 2.75) is 38.0 Å². The summed E-state index contributed by atoms with van der Waals surface area (Å²) in [6, 6.07) is 0. The lowest BCUT2D eigenvalue weighted by Crippen LogP contribution is -2.06. The number of aldehydes is 1. The second-order valence-electron chi connectivity index (χ2n) is 3.68. The maximum absolute atomic E-state index is 10.7. The average Bonchev–Trinajstić information content (AvgIpc) is 2.67. The summed E-state index contributed by atoms with van der Waals surface area (Å²) in [6.07, 6.45) is 8.84. The summed E-state index contributed by atoms with van der Waals surface area (Å²) in [5, 5.41) is 6.92. The predicted molar refractivity (Wildman–Crippen MR) is 49.8 cm³/mol. The summed E-state index contributed by atoms with van der Waals surface area (Å²) in [5.41, 5.74) is 1.72. The molecule has 1 heterocycles. The van der Waals surface area contributed by atoms with Crippen LogP contribution in [0.4, 0.5) is 0 Å². The van der Waals surface area contributed by atoms with Gasteiger partial charge in [0.25, 0.3) is 0 Å². The van der Waals surface area contributed by atoms with Gasteiger partial charge in [-0.3, -0.25) is 9.89 Å². The first-order valence-electron chi connectivity index (χ1n) is 4.90. The van der Waals surface area contributed by atoms with Gasteiger partial charge >= 0.3 is 0 Å². The van der Waals surface area contributed by atoms with E-state index >= 15 is 0 Å². The molecule has 1 aromatic heterocycles. The number of carbonyl (C=O) groups is 1. The van der Waals surface area contributed by atoms with Crippen LogP contribution in [0.1, 0.15) is 54.1 Å². The normalized spacial score (nSPS) is 18.8. The molecule has 1 aliphatic rings. The van der Waals surface area contributed by atoms with Crippen molar-refractivity contribution in [1.29, 1.82) is 0 Å². The Morgan fingerprint density at radius 1 is 1.38 bits per heavy atom. The third-order valence-electron chi connectivity index (χ3n) is 2.82. The van der Waals surface area contributed by atoms with Crippen LogP contribution in [0.3, 0.4) is 0 Å². The first-order valence-corrected chi connectivity index (χ1v) is 4.90. The number of rotatable bonds is 2. The Morgan fingerprint density at radius 2 is 2.15 bits per heavy atom. The van der Waals surface area contributed by atoms with Crippen molar-refractivity contribution in [1.82, 2.24) is 10.2 Å². The molecule has 0 saturated heterocycles. The zero-order valence-corrected chi connectivity index (χ0v) is 7.62. The van der Waals surface area contributed by atoms with Gasteiger partial charge in [-0.15, -0.1) is 0 Å². The molecule has 1 aromatic rings. The molecule has 0 spiro atoms. The van der Waals surface area contributed by atoms with Gasteiger partial charge < -0.3 is 0 Å². The predicted octanol–water partition coefficient (Wildman–Crippen LogP) is 2.27. The van der Waals surface area contributed by atoms with Gasteiger partial charge in [0, 0.05) is 12.1 Å². The molecule has 13 heavy (non-hydrogen) atoms. The highest BCUT2D eigenvalue weighted by molar-refractivity contribution is 5.76. The van der Waals surface area contributed by atoms with Crippen LogP contribution in [0.2, 0.25) is 0 Å². The number of nitrogens with one attached hydrogen (secondary N) is 1. The van der Waals surface area contributed by atoms with Gasteiger partial charge in [0.2, 0.25) is 0 Å². The largest absolute Gasteiger partial charge is 0.298 e. The molecule has 0 aliphatic heterocycles. The highest BCUT2D eigenvalue weighted by Gasteiger charge is 2.20. The van der Waals surface area contributed by atoms with E-state index in [0.29, 0.717) is 5.92 Å². The fraction of sp³-hybridized carbons (Fsp3) is 0.600. The lowest BCUT2D eigenvalue weighted by molar-refractivity contribution is 0.112. The van der Waals surface area contributed by atoms with E-state index in [1.165, 1.54) is 32.1 Å². The number of aromatic nitrogens is 2. The fourth-order valence-corrected chi connectivity index (χ4v) is 2.11. The Morgan fingerprint density at radius 3 is 2.85 bits per heavy atom. The third kappa shape index (κ3) is 1.64. The van der Waals surface area contributed by atoms with Gasteiger partial charge in [0.1, 0.15) is 0 Å². The molecule has 1 aliphatic carbocycles. The highest BCUT2D eigenvalue weighted by Crippen LogP contribution is 2.32. The minimum atomic E-state index is 0.514. The summed E-state index contributed by atoms with van der Waals surface area (Å²) in [5.74, 6) is 0.514. The molecule has 0 unspecified atom stereocenters. The molecule has 0 amide bonds. The number of hydrogen-bond acceptors (Lipinski definition) is 2. The van der Waals surface area contributed by atoms with Crippen LogP contribution >= 0.6 is 0 Å². The minimum absolute atomic E-state index is 0.514. The SMILES string of the molecule is O=Cc1c[nH]nc1C1CCCCC1. The molecule has 2 rings (SSSR count). The molecule has 1 saturated carbocycles. The van der Waals surface area contributed by atoms with Crippen molar-refractivity contribution < 1.29 is 4.79 Å². The summed E-state index contributed by atoms with van der Waals surface area (Å²) >= 11 is 0. The molecule has 0 aromatic carbocycles. The van der Waals surface area contributed by atoms with Gasteiger partial charge in [-0.05, 0) is 12.8 Å². The first kappa shape index (κ1) is 8.48. The van der Waals surface area contributed by atoms with E-state index < -0.39 is 0 Å². The van der Waals surface area contributed by atoms with E-state index in [2.05, 4.69) is 10.2 Å². The average molecular weight is 178 g/mol. The van der Waals surface area contributed by atoms with Crippen LogP contribution in [-0.4, -0.2) is 16.5 Å². The second kappa shape index (κ2) is 3.73. The molecular weight excluding hydrogens is 164 g/mol. The van der Waals surface area contributed by atoms with Crippen molar-refractivity contribution in [3.63, 3.8) is 0 Å². The molecule has 3 nitrogen and oxygen atoms in total.